The zero-order valence-corrected chi connectivity index (χ0v) is 16.6. The zero-order valence-electron chi connectivity index (χ0n) is 16.6. The van der Waals surface area contributed by atoms with Crippen molar-refractivity contribution in [3.05, 3.63) is 29.6 Å². The van der Waals surface area contributed by atoms with Crippen LogP contribution in [0, 0.1) is 0 Å². The lowest BCUT2D eigenvalue weighted by atomic mass is 10.1. The van der Waals surface area contributed by atoms with Crippen molar-refractivity contribution in [2.75, 3.05) is 46.7 Å². The molecule has 0 radical (unpaired) electrons. The molecule has 0 unspecified atom stereocenters. The van der Waals surface area contributed by atoms with Crippen LogP contribution in [0.25, 0.3) is 0 Å². The number of benzene rings is 1. The molecule has 28 heavy (non-hydrogen) atoms. The molecule has 9 heteroatoms. The number of hydrogen-bond donors (Lipinski definition) is 0. The minimum absolute atomic E-state index is 0.236. The first-order valence-corrected chi connectivity index (χ1v) is 9.88. The Morgan fingerprint density at radius 3 is 2.75 bits per heavy atom. The molecule has 3 heterocycles. The lowest BCUT2D eigenvalue weighted by Crippen LogP contribution is -2.47. The molecule has 2 aliphatic rings. The Balaban J connectivity index is 1.34. The number of rotatable bonds is 8. The zero-order chi connectivity index (χ0) is 19.3. The van der Waals surface area contributed by atoms with Gasteiger partial charge in [-0.05, 0) is 34.5 Å². The molecule has 1 saturated heterocycles. The molecule has 2 aliphatic heterocycles. The van der Waals surface area contributed by atoms with E-state index in [2.05, 4.69) is 44.4 Å². The summed E-state index contributed by atoms with van der Waals surface area (Å²) >= 11 is 0. The lowest BCUT2D eigenvalue weighted by molar-refractivity contribution is 0.0830. The molecule has 0 spiro atoms. The fourth-order valence-corrected chi connectivity index (χ4v) is 3.92. The van der Waals surface area contributed by atoms with Crippen LogP contribution in [0.1, 0.15) is 30.8 Å². The second-order valence-electron chi connectivity index (χ2n) is 7.18. The van der Waals surface area contributed by atoms with Gasteiger partial charge in [-0.25, -0.2) is 4.68 Å². The van der Waals surface area contributed by atoms with Crippen molar-refractivity contribution in [3.63, 3.8) is 0 Å². The molecule has 1 atom stereocenters. The van der Waals surface area contributed by atoms with Gasteiger partial charge in [-0.1, -0.05) is 13.0 Å². The third-order valence-corrected chi connectivity index (χ3v) is 5.44. The van der Waals surface area contributed by atoms with Gasteiger partial charge in [-0.15, -0.1) is 5.10 Å². The number of tetrazole rings is 1. The highest BCUT2D eigenvalue weighted by Gasteiger charge is 2.28. The number of nitrogens with zero attached hydrogens (tertiary/aromatic N) is 6. The van der Waals surface area contributed by atoms with Crippen molar-refractivity contribution in [2.45, 2.75) is 32.5 Å². The fraction of sp³-hybridized carbons (Fsp3) is 0.632. The highest BCUT2D eigenvalue weighted by atomic mass is 16.7. The summed E-state index contributed by atoms with van der Waals surface area (Å²) in [6, 6.07) is 6.45. The average molecular weight is 388 g/mol. The quantitative estimate of drug-likeness (QED) is 0.670. The third-order valence-electron chi connectivity index (χ3n) is 5.44. The Morgan fingerprint density at radius 1 is 1.14 bits per heavy atom. The molecule has 152 valence electrons. The van der Waals surface area contributed by atoms with Crippen LogP contribution in [-0.4, -0.2) is 76.7 Å². The van der Waals surface area contributed by atoms with Crippen molar-refractivity contribution in [1.29, 1.82) is 0 Å². The molecule has 2 aromatic rings. The van der Waals surface area contributed by atoms with Crippen molar-refractivity contribution < 1.29 is 14.2 Å². The highest BCUT2D eigenvalue weighted by Crippen LogP contribution is 2.33. The van der Waals surface area contributed by atoms with Crippen molar-refractivity contribution in [2.24, 2.45) is 0 Å². The molecule has 9 nitrogen and oxygen atoms in total. The monoisotopic (exact) mass is 388 g/mol. The van der Waals surface area contributed by atoms with E-state index in [0.717, 1.165) is 56.5 Å². The lowest BCUT2D eigenvalue weighted by Gasteiger charge is -2.38. The summed E-state index contributed by atoms with van der Waals surface area (Å²) in [6.07, 6.45) is 0.982. The Bertz CT molecular complexity index is 775. The van der Waals surface area contributed by atoms with Crippen molar-refractivity contribution >= 4 is 0 Å². The van der Waals surface area contributed by atoms with E-state index in [-0.39, 0.29) is 6.04 Å². The largest absolute Gasteiger partial charge is 0.454 e. The van der Waals surface area contributed by atoms with Crippen LogP contribution in [-0.2, 0) is 17.8 Å². The number of fused-ring (bicyclic) bond motifs is 1. The van der Waals surface area contributed by atoms with Gasteiger partial charge in [-0.3, -0.25) is 9.80 Å². The maximum Gasteiger partial charge on any atom is 0.231 e. The molecule has 0 aliphatic carbocycles. The Hall–Kier alpha value is -2.23. The topological polar surface area (TPSA) is 77.8 Å². The van der Waals surface area contributed by atoms with Crippen LogP contribution in [0.15, 0.2) is 18.2 Å². The van der Waals surface area contributed by atoms with Crippen LogP contribution in [0.3, 0.4) is 0 Å². The third kappa shape index (κ3) is 4.11. The number of piperazine rings is 1. The van der Waals surface area contributed by atoms with E-state index >= 15 is 0 Å². The van der Waals surface area contributed by atoms with Gasteiger partial charge in [-0.2, -0.15) is 0 Å². The predicted octanol–water partition coefficient (Wildman–Crippen LogP) is 1.32. The Morgan fingerprint density at radius 2 is 1.96 bits per heavy atom. The minimum Gasteiger partial charge on any atom is -0.454 e. The van der Waals surface area contributed by atoms with Crippen LogP contribution in [0.5, 0.6) is 11.5 Å². The number of aromatic nitrogens is 4. The van der Waals surface area contributed by atoms with Crippen LogP contribution >= 0.6 is 0 Å². The molecular formula is C19H28N6O3. The van der Waals surface area contributed by atoms with E-state index < -0.39 is 0 Å². The first-order valence-electron chi connectivity index (χ1n) is 9.88. The Kier molecular flexibility index (Phi) is 6.04. The summed E-state index contributed by atoms with van der Waals surface area (Å²) in [5.74, 6) is 2.62. The summed E-state index contributed by atoms with van der Waals surface area (Å²) in [6.45, 7) is 8.76. The smallest absolute Gasteiger partial charge is 0.231 e. The molecule has 0 N–H and O–H groups in total. The second kappa shape index (κ2) is 8.85. The van der Waals surface area contributed by atoms with E-state index in [9.17, 15) is 0 Å². The predicted molar refractivity (Wildman–Crippen MR) is 102 cm³/mol. The number of hydrogen-bond acceptors (Lipinski definition) is 8. The molecule has 4 rings (SSSR count). The van der Waals surface area contributed by atoms with E-state index in [1.807, 2.05) is 10.7 Å². The maximum absolute atomic E-state index is 5.49. The van der Waals surface area contributed by atoms with Crippen molar-refractivity contribution in [3.8, 4) is 11.5 Å². The first-order chi connectivity index (χ1) is 13.8. The average Bonchev–Trinajstić information content (AvgIpc) is 3.37. The molecule has 1 aromatic carbocycles. The van der Waals surface area contributed by atoms with Crippen molar-refractivity contribution in [1.82, 2.24) is 30.0 Å². The van der Waals surface area contributed by atoms with Gasteiger partial charge in [0.2, 0.25) is 6.79 Å². The second-order valence-corrected chi connectivity index (χ2v) is 7.18. The van der Waals surface area contributed by atoms with Gasteiger partial charge >= 0.3 is 0 Å². The molecule has 0 saturated carbocycles. The van der Waals surface area contributed by atoms with Gasteiger partial charge in [0.25, 0.3) is 0 Å². The highest BCUT2D eigenvalue weighted by molar-refractivity contribution is 5.44. The summed E-state index contributed by atoms with van der Waals surface area (Å²) in [5, 5.41) is 12.3. The molecule has 0 bridgehead atoms. The van der Waals surface area contributed by atoms with Gasteiger partial charge in [0, 0.05) is 39.8 Å². The number of methoxy groups -OCH3 is 1. The van der Waals surface area contributed by atoms with Gasteiger partial charge in [0.15, 0.2) is 17.3 Å². The van der Waals surface area contributed by atoms with Gasteiger partial charge in [0.1, 0.15) is 0 Å². The summed E-state index contributed by atoms with van der Waals surface area (Å²) in [4.78, 5) is 4.97. The standard InChI is InChI=1S/C19H28N6O3/c1-3-16(19-20-21-22-25(19)10-11-26-2)24-8-6-23(7-9-24)13-15-4-5-17-18(12-15)28-14-27-17/h4-5,12,16H,3,6-11,13-14H2,1-2H3/t16-/m0/s1. The Labute approximate surface area is 165 Å². The normalized spacial score (nSPS) is 18.5. The molecular weight excluding hydrogens is 360 g/mol. The first kappa shape index (κ1) is 19.1. The SMILES string of the molecule is CC[C@@H](c1nnnn1CCOC)N1CCN(Cc2ccc3c(c2)OCO3)CC1. The maximum atomic E-state index is 5.49. The van der Waals surface area contributed by atoms with E-state index in [1.54, 1.807) is 7.11 Å². The number of ether oxygens (including phenoxy) is 3. The molecule has 1 fully saturated rings. The minimum atomic E-state index is 0.236. The van der Waals surface area contributed by atoms with Crippen LogP contribution < -0.4 is 9.47 Å². The van der Waals surface area contributed by atoms with E-state index in [4.69, 9.17) is 14.2 Å². The summed E-state index contributed by atoms with van der Waals surface area (Å²) in [5.41, 5.74) is 1.26. The van der Waals surface area contributed by atoms with Crippen LogP contribution in [0.4, 0.5) is 0 Å². The molecule has 0 amide bonds. The van der Waals surface area contributed by atoms with E-state index in [1.165, 1.54) is 5.56 Å². The van der Waals surface area contributed by atoms with Gasteiger partial charge in [0.05, 0.1) is 19.2 Å². The fourth-order valence-electron chi connectivity index (χ4n) is 3.92. The van der Waals surface area contributed by atoms with E-state index in [0.29, 0.717) is 19.9 Å². The summed E-state index contributed by atoms with van der Waals surface area (Å²) in [7, 11) is 1.70. The van der Waals surface area contributed by atoms with Crippen LogP contribution in [0.2, 0.25) is 0 Å². The summed E-state index contributed by atoms with van der Waals surface area (Å²) < 4.78 is 17.9. The molecule has 1 aromatic heterocycles. The van der Waals surface area contributed by atoms with Gasteiger partial charge < -0.3 is 14.2 Å².